The van der Waals surface area contributed by atoms with E-state index in [0.29, 0.717) is 13.2 Å². The van der Waals surface area contributed by atoms with E-state index in [1.54, 1.807) is 0 Å². The Kier molecular flexibility index (Phi) is 8.72. The molecule has 0 spiro atoms. The number of morpholine rings is 1. The van der Waals surface area contributed by atoms with E-state index in [9.17, 15) is 5.11 Å². The van der Waals surface area contributed by atoms with Crippen molar-refractivity contribution in [2.24, 2.45) is 0 Å². The summed E-state index contributed by atoms with van der Waals surface area (Å²) in [6.07, 6.45) is 1.67. The number of ether oxygens (including phenoxy) is 3. The highest BCUT2D eigenvalue weighted by Crippen LogP contribution is 2.28. The minimum atomic E-state index is -0.869. The van der Waals surface area contributed by atoms with E-state index in [4.69, 9.17) is 25.8 Å². The zero-order valence-corrected chi connectivity index (χ0v) is 21.1. The summed E-state index contributed by atoms with van der Waals surface area (Å²) in [6, 6.07) is 12.2. The molecule has 2 aromatic carbocycles. The lowest BCUT2D eigenvalue weighted by Crippen LogP contribution is -2.51. The Balaban J connectivity index is 1.28. The van der Waals surface area contributed by atoms with Gasteiger partial charge in [-0.05, 0) is 74.2 Å². The summed E-state index contributed by atoms with van der Waals surface area (Å²) in [6.45, 7) is 11.7. The number of aryl methyl sites for hydroxylation is 2. The molecule has 2 aliphatic heterocycles. The van der Waals surface area contributed by atoms with Crippen LogP contribution in [-0.2, 0) is 11.3 Å². The molecule has 1 atom stereocenters. The zero-order chi connectivity index (χ0) is 24.0. The van der Waals surface area contributed by atoms with Gasteiger partial charge in [0.25, 0.3) is 0 Å². The average molecular weight is 489 g/mol. The van der Waals surface area contributed by atoms with Crippen molar-refractivity contribution < 1.29 is 19.3 Å². The lowest BCUT2D eigenvalue weighted by atomic mass is 9.93. The predicted octanol–water partition coefficient (Wildman–Crippen LogP) is 4.07. The van der Waals surface area contributed by atoms with Crippen molar-refractivity contribution in [2.45, 2.75) is 38.8 Å². The first-order valence-electron chi connectivity index (χ1n) is 12.3. The molecular formula is C27H37ClN2O4. The highest BCUT2D eigenvalue weighted by molar-refractivity contribution is 6.32. The van der Waals surface area contributed by atoms with Crippen LogP contribution < -0.4 is 9.47 Å². The van der Waals surface area contributed by atoms with Gasteiger partial charge in [0, 0.05) is 37.7 Å². The number of β-amino-alcohol motifs (C(OH)–C–C–N with tert-alkyl or cyclic N) is 1. The summed E-state index contributed by atoms with van der Waals surface area (Å²) in [5.74, 6) is 1.65. The summed E-state index contributed by atoms with van der Waals surface area (Å²) in [5, 5.41) is 12.0. The van der Waals surface area contributed by atoms with Crippen molar-refractivity contribution in [2.75, 3.05) is 59.2 Å². The molecule has 0 aliphatic carbocycles. The van der Waals surface area contributed by atoms with Crippen LogP contribution in [0.2, 0.25) is 5.02 Å². The van der Waals surface area contributed by atoms with Gasteiger partial charge in [-0.25, -0.2) is 0 Å². The molecule has 186 valence electrons. The number of halogens is 1. The van der Waals surface area contributed by atoms with Crippen LogP contribution in [0.3, 0.4) is 0 Å². The van der Waals surface area contributed by atoms with E-state index < -0.39 is 5.60 Å². The fraction of sp³-hybridized carbons (Fsp3) is 0.556. The second-order valence-corrected chi connectivity index (χ2v) is 10.0. The highest BCUT2D eigenvalue weighted by atomic mass is 35.5. The second-order valence-electron chi connectivity index (χ2n) is 9.65. The van der Waals surface area contributed by atoms with Crippen LogP contribution in [0.4, 0.5) is 0 Å². The van der Waals surface area contributed by atoms with Gasteiger partial charge in [0.15, 0.2) is 0 Å². The van der Waals surface area contributed by atoms with Crippen molar-refractivity contribution in [3.63, 3.8) is 0 Å². The van der Waals surface area contributed by atoms with Gasteiger partial charge < -0.3 is 19.3 Å². The van der Waals surface area contributed by atoms with Crippen LogP contribution in [-0.4, -0.2) is 79.7 Å². The van der Waals surface area contributed by atoms with Crippen molar-refractivity contribution in [1.29, 1.82) is 0 Å². The molecule has 2 aromatic rings. The molecule has 2 fully saturated rings. The second kappa shape index (κ2) is 11.7. The Bertz CT molecular complexity index is 927. The van der Waals surface area contributed by atoms with Crippen molar-refractivity contribution >= 4 is 11.6 Å². The predicted molar refractivity (Wildman–Crippen MR) is 135 cm³/mol. The van der Waals surface area contributed by atoms with Crippen LogP contribution in [0, 0.1) is 13.8 Å². The van der Waals surface area contributed by atoms with Gasteiger partial charge >= 0.3 is 0 Å². The first-order chi connectivity index (χ1) is 16.4. The number of rotatable bonds is 9. The number of nitrogens with zero attached hydrogens (tertiary/aromatic N) is 2. The zero-order valence-electron chi connectivity index (χ0n) is 20.4. The van der Waals surface area contributed by atoms with E-state index in [1.807, 2.05) is 38.1 Å². The Morgan fingerprint density at radius 1 is 1.00 bits per heavy atom. The molecule has 4 rings (SSSR count). The molecule has 0 bridgehead atoms. The first-order valence-corrected chi connectivity index (χ1v) is 12.6. The molecule has 0 radical (unpaired) electrons. The molecule has 1 N–H and O–H groups in total. The summed E-state index contributed by atoms with van der Waals surface area (Å²) in [4.78, 5) is 4.68. The van der Waals surface area contributed by atoms with Crippen LogP contribution >= 0.6 is 11.6 Å². The maximum absolute atomic E-state index is 11.2. The van der Waals surface area contributed by atoms with Gasteiger partial charge in [-0.3, -0.25) is 9.80 Å². The van der Waals surface area contributed by atoms with Crippen LogP contribution in [0.5, 0.6) is 11.5 Å². The van der Waals surface area contributed by atoms with Gasteiger partial charge in [-0.15, -0.1) is 0 Å². The maximum atomic E-state index is 11.2. The van der Waals surface area contributed by atoms with E-state index in [0.717, 1.165) is 86.4 Å². The molecule has 7 heteroatoms. The standard InChI is InChI=1S/C27H37ClN2O4/c1-21-15-25(16-22(2)26(21)28)34-20-27(31)7-4-8-30(19-27)18-23-5-3-6-24(17-23)33-14-11-29-9-12-32-13-10-29/h3,5-6,15-17,31H,4,7-14,18-20H2,1-2H3. The molecule has 0 saturated carbocycles. The summed E-state index contributed by atoms with van der Waals surface area (Å²) in [5.41, 5.74) is 2.30. The van der Waals surface area contributed by atoms with Gasteiger partial charge in [0.1, 0.15) is 30.3 Å². The largest absolute Gasteiger partial charge is 0.492 e. The quantitative estimate of drug-likeness (QED) is 0.574. The van der Waals surface area contributed by atoms with Crippen LogP contribution in [0.15, 0.2) is 36.4 Å². The minimum absolute atomic E-state index is 0.273. The topological polar surface area (TPSA) is 54.4 Å². The molecule has 2 heterocycles. The van der Waals surface area contributed by atoms with E-state index in [1.165, 1.54) is 5.56 Å². The lowest BCUT2D eigenvalue weighted by Gasteiger charge is -2.39. The Morgan fingerprint density at radius 2 is 1.76 bits per heavy atom. The van der Waals surface area contributed by atoms with Crippen LogP contribution in [0.1, 0.15) is 29.5 Å². The number of piperidine rings is 1. The third-order valence-corrected chi connectivity index (χ3v) is 7.23. The third kappa shape index (κ3) is 7.09. The number of aliphatic hydroxyl groups is 1. The molecule has 0 amide bonds. The van der Waals surface area contributed by atoms with Gasteiger partial charge in [0.2, 0.25) is 0 Å². The van der Waals surface area contributed by atoms with E-state index in [-0.39, 0.29) is 6.61 Å². The maximum Gasteiger partial charge on any atom is 0.120 e. The van der Waals surface area contributed by atoms with Crippen molar-refractivity contribution in [3.8, 4) is 11.5 Å². The number of likely N-dealkylation sites (tertiary alicyclic amines) is 1. The molecule has 34 heavy (non-hydrogen) atoms. The van der Waals surface area contributed by atoms with E-state index >= 15 is 0 Å². The molecular weight excluding hydrogens is 452 g/mol. The minimum Gasteiger partial charge on any atom is -0.492 e. The Hall–Kier alpha value is -1.83. The average Bonchev–Trinajstić information content (AvgIpc) is 2.82. The summed E-state index contributed by atoms with van der Waals surface area (Å²) in [7, 11) is 0. The SMILES string of the molecule is Cc1cc(OCC2(O)CCCN(Cc3cccc(OCCN4CCOCC4)c3)C2)cc(C)c1Cl. The van der Waals surface area contributed by atoms with Gasteiger partial charge in [0.05, 0.1) is 13.2 Å². The van der Waals surface area contributed by atoms with Crippen molar-refractivity contribution in [1.82, 2.24) is 9.80 Å². The molecule has 0 aromatic heterocycles. The molecule has 2 aliphatic rings. The smallest absolute Gasteiger partial charge is 0.120 e. The Labute approximate surface area is 208 Å². The van der Waals surface area contributed by atoms with Gasteiger partial charge in [-0.1, -0.05) is 23.7 Å². The normalized spacial score (nSPS) is 22.0. The highest BCUT2D eigenvalue weighted by Gasteiger charge is 2.34. The Morgan fingerprint density at radius 3 is 2.53 bits per heavy atom. The number of benzene rings is 2. The van der Waals surface area contributed by atoms with E-state index in [2.05, 4.69) is 21.9 Å². The number of hydrogen-bond acceptors (Lipinski definition) is 6. The van der Waals surface area contributed by atoms with Crippen LogP contribution in [0.25, 0.3) is 0 Å². The summed E-state index contributed by atoms with van der Waals surface area (Å²) >= 11 is 6.27. The monoisotopic (exact) mass is 488 g/mol. The fourth-order valence-electron chi connectivity index (χ4n) is 4.78. The molecule has 1 unspecified atom stereocenters. The first kappa shape index (κ1) is 25.3. The fourth-order valence-corrected chi connectivity index (χ4v) is 4.88. The molecule has 6 nitrogen and oxygen atoms in total. The number of hydrogen-bond donors (Lipinski definition) is 1. The summed E-state index contributed by atoms with van der Waals surface area (Å²) < 4.78 is 17.4. The third-order valence-electron chi connectivity index (χ3n) is 6.64. The molecule has 2 saturated heterocycles. The van der Waals surface area contributed by atoms with Gasteiger partial charge in [-0.2, -0.15) is 0 Å². The van der Waals surface area contributed by atoms with Crippen molar-refractivity contribution in [3.05, 3.63) is 58.1 Å². The lowest BCUT2D eigenvalue weighted by molar-refractivity contribution is -0.0621.